The van der Waals surface area contributed by atoms with Gasteiger partial charge in [-0.25, -0.2) is 0 Å². The molecule has 3 rings (SSSR count). The average molecular weight is 455 g/mol. The van der Waals surface area contributed by atoms with Crippen LogP contribution < -0.4 is 0 Å². The van der Waals surface area contributed by atoms with Crippen LogP contribution in [0.15, 0.2) is 53.8 Å². The summed E-state index contributed by atoms with van der Waals surface area (Å²) in [6.07, 6.45) is 16.4. The van der Waals surface area contributed by atoms with Crippen LogP contribution in [-0.2, 0) is 12.8 Å². The zero-order valence-electron chi connectivity index (χ0n) is 21.1. The van der Waals surface area contributed by atoms with Crippen molar-refractivity contribution in [1.29, 1.82) is 0 Å². The standard InChI is InChI=1S/C15H14ClN.C9H20.C5H9N/c1-10-14-7-6-13(16)9-12(14)5-4-11-3-2-8-17-15(10)11;1-4-7-8-9(5-2)6-3;1-3-5-6-4-2/h2-3,6-10H,4-5H2,1H3;9H,4-8H2,1-3H3;3-5H,1-2H3/b;;5-3-,6-4?. The first-order chi connectivity index (χ1) is 15.5. The first kappa shape index (κ1) is 28.1. The van der Waals surface area contributed by atoms with Crippen molar-refractivity contribution >= 4 is 17.8 Å². The van der Waals surface area contributed by atoms with E-state index in [1.54, 1.807) is 12.4 Å². The Morgan fingerprint density at radius 2 is 1.81 bits per heavy atom. The van der Waals surface area contributed by atoms with E-state index >= 15 is 0 Å². The number of nitrogens with zero attached hydrogens (tertiary/aromatic N) is 2. The van der Waals surface area contributed by atoms with Crippen LogP contribution >= 0.6 is 11.6 Å². The maximum atomic E-state index is 6.07. The molecule has 0 N–H and O–H groups in total. The molecule has 0 amide bonds. The van der Waals surface area contributed by atoms with E-state index in [-0.39, 0.29) is 0 Å². The molecule has 0 saturated carbocycles. The number of hydrogen-bond donors (Lipinski definition) is 0. The van der Waals surface area contributed by atoms with Gasteiger partial charge >= 0.3 is 0 Å². The van der Waals surface area contributed by atoms with Crippen LogP contribution in [0.25, 0.3) is 0 Å². The van der Waals surface area contributed by atoms with E-state index < -0.39 is 0 Å². The molecule has 2 nitrogen and oxygen atoms in total. The summed E-state index contributed by atoms with van der Waals surface area (Å²) in [5.41, 5.74) is 5.32. The lowest BCUT2D eigenvalue weighted by Crippen LogP contribution is -2.01. The lowest BCUT2D eigenvalue weighted by molar-refractivity contribution is 0.438. The second kappa shape index (κ2) is 16.7. The summed E-state index contributed by atoms with van der Waals surface area (Å²) in [5.74, 6) is 1.37. The molecule has 2 aromatic rings. The van der Waals surface area contributed by atoms with E-state index in [0.717, 1.165) is 23.8 Å². The monoisotopic (exact) mass is 454 g/mol. The molecule has 1 aliphatic rings. The predicted molar refractivity (Wildman–Crippen MR) is 143 cm³/mol. The highest BCUT2D eigenvalue weighted by atomic mass is 35.5. The zero-order valence-corrected chi connectivity index (χ0v) is 21.8. The minimum Gasteiger partial charge on any atom is -0.270 e. The van der Waals surface area contributed by atoms with Gasteiger partial charge in [-0.05, 0) is 67.5 Å². The van der Waals surface area contributed by atoms with Crippen molar-refractivity contribution in [1.82, 2.24) is 4.98 Å². The maximum Gasteiger partial charge on any atom is 0.0507 e. The van der Waals surface area contributed by atoms with Crippen molar-refractivity contribution < 1.29 is 0 Å². The number of aromatic nitrogens is 1. The van der Waals surface area contributed by atoms with Crippen molar-refractivity contribution in [3.8, 4) is 0 Å². The average Bonchev–Trinajstić information content (AvgIpc) is 2.96. The molecule has 32 heavy (non-hydrogen) atoms. The van der Waals surface area contributed by atoms with Crippen LogP contribution in [0.2, 0.25) is 5.02 Å². The summed E-state index contributed by atoms with van der Waals surface area (Å²) in [5, 5.41) is 0.829. The fourth-order valence-corrected chi connectivity index (χ4v) is 4.24. The molecule has 0 aliphatic heterocycles. The second-order valence-electron chi connectivity index (χ2n) is 8.33. The van der Waals surface area contributed by atoms with Gasteiger partial charge in [0.25, 0.3) is 0 Å². The summed E-state index contributed by atoms with van der Waals surface area (Å²) in [7, 11) is 0. The highest BCUT2D eigenvalue weighted by molar-refractivity contribution is 6.30. The number of aliphatic imine (C=N–C) groups is 1. The molecule has 176 valence electrons. The smallest absolute Gasteiger partial charge is 0.0507 e. The van der Waals surface area contributed by atoms with Gasteiger partial charge in [0.2, 0.25) is 0 Å². The normalized spacial score (nSPS) is 14.8. The topological polar surface area (TPSA) is 25.2 Å². The van der Waals surface area contributed by atoms with Crippen LogP contribution in [0.3, 0.4) is 0 Å². The third kappa shape index (κ3) is 9.69. The van der Waals surface area contributed by atoms with Crippen molar-refractivity contribution in [2.75, 3.05) is 0 Å². The molecule has 0 fully saturated rings. The molecular formula is C29H43ClN2. The largest absolute Gasteiger partial charge is 0.270 e. The molecule has 1 aromatic carbocycles. The fraction of sp³-hybridized carbons (Fsp3) is 0.517. The lowest BCUT2D eigenvalue weighted by atomic mass is 9.93. The summed E-state index contributed by atoms with van der Waals surface area (Å²) in [6, 6.07) is 10.4. The summed E-state index contributed by atoms with van der Waals surface area (Å²) in [4.78, 5) is 8.33. The fourth-order valence-electron chi connectivity index (χ4n) is 4.04. The Morgan fingerprint density at radius 1 is 1.09 bits per heavy atom. The van der Waals surface area contributed by atoms with Crippen LogP contribution in [0.5, 0.6) is 0 Å². The van der Waals surface area contributed by atoms with Crippen molar-refractivity contribution in [3.63, 3.8) is 0 Å². The van der Waals surface area contributed by atoms with Gasteiger partial charge in [-0.1, -0.05) is 89.6 Å². The number of rotatable bonds is 6. The minimum absolute atomic E-state index is 0.362. The van der Waals surface area contributed by atoms with Gasteiger partial charge in [-0.3, -0.25) is 9.98 Å². The van der Waals surface area contributed by atoms with Gasteiger partial charge in [0.1, 0.15) is 0 Å². The van der Waals surface area contributed by atoms with Gasteiger partial charge in [-0.15, -0.1) is 0 Å². The summed E-state index contributed by atoms with van der Waals surface area (Å²) in [6.45, 7) is 12.9. The van der Waals surface area contributed by atoms with E-state index in [2.05, 4.69) is 55.9 Å². The van der Waals surface area contributed by atoms with Crippen molar-refractivity contribution in [2.45, 2.75) is 92.4 Å². The molecule has 3 heteroatoms. The first-order valence-corrected chi connectivity index (χ1v) is 12.7. The molecule has 0 bridgehead atoms. The van der Waals surface area contributed by atoms with Crippen molar-refractivity contribution in [3.05, 3.63) is 76.2 Å². The molecule has 1 aromatic heterocycles. The van der Waals surface area contributed by atoms with Crippen molar-refractivity contribution in [2.24, 2.45) is 10.9 Å². The van der Waals surface area contributed by atoms with Crippen LogP contribution in [0.1, 0.15) is 102 Å². The Balaban J connectivity index is 0.000000289. The number of unbranched alkanes of at least 4 members (excludes halogenated alkanes) is 1. The Hall–Kier alpha value is -1.93. The van der Waals surface area contributed by atoms with Gasteiger partial charge in [0.15, 0.2) is 0 Å². The van der Waals surface area contributed by atoms with E-state index in [9.17, 15) is 0 Å². The van der Waals surface area contributed by atoms with E-state index in [4.69, 9.17) is 11.6 Å². The molecule has 1 aliphatic carbocycles. The van der Waals surface area contributed by atoms with Gasteiger partial charge in [0, 0.05) is 29.6 Å². The number of aryl methyl sites for hydroxylation is 2. The van der Waals surface area contributed by atoms with Gasteiger partial charge < -0.3 is 0 Å². The summed E-state index contributed by atoms with van der Waals surface area (Å²) < 4.78 is 0. The van der Waals surface area contributed by atoms with Crippen LogP contribution in [0, 0.1) is 5.92 Å². The van der Waals surface area contributed by atoms with Gasteiger partial charge in [0.05, 0.1) is 5.69 Å². The van der Waals surface area contributed by atoms with Crippen LogP contribution in [0.4, 0.5) is 0 Å². The SMILES string of the molecule is CC1c2ccc(Cl)cc2CCc2cccnc21.CC=N/C=C\C.CCCCC(CC)CC. The Bertz CT molecular complexity index is 812. The zero-order chi connectivity index (χ0) is 23.8. The lowest BCUT2D eigenvalue weighted by Gasteiger charge is -2.14. The third-order valence-corrected chi connectivity index (χ3v) is 6.31. The number of fused-ring (bicyclic) bond motifs is 2. The first-order valence-electron chi connectivity index (χ1n) is 12.3. The van der Waals surface area contributed by atoms with E-state index in [0.29, 0.717) is 5.92 Å². The van der Waals surface area contributed by atoms with Crippen LogP contribution in [-0.4, -0.2) is 11.2 Å². The number of halogens is 1. The highest BCUT2D eigenvalue weighted by Gasteiger charge is 2.20. The quantitative estimate of drug-likeness (QED) is 0.399. The Labute approximate surface area is 202 Å². The molecule has 0 saturated heterocycles. The van der Waals surface area contributed by atoms with E-state index in [1.807, 2.05) is 38.3 Å². The number of benzene rings is 1. The molecule has 1 unspecified atom stereocenters. The molecule has 1 heterocycles. The maximum absolute atomic E-state index is 6.07. The Morgan fingerprint density at radius 3 is 2.41 bits per heavy atom. The molecule has 0 spiro atoms. The molecular weight excluding hydrogens is 412 g/mol. The van der Waals surface area contributed by atoms with Gasteiger partial charge in [-0.2, -0.15) is 0 Å². The minimum atomic E-state index is 0.362. The third-order valence-electron chi connectivity index (χ3n) is 6.08. The second-order valence-corrected chi connectivity index (χ2v) is 8.76. The number of allylic oxidation sites excluding steroid dienone is 1. The number of hydrogen-bond acceptors (Lipinski definition) is 2. The Kier molecular flexibility index (Phi) is 14.6. The molecule has 0 radical (unpaired) electrons. The van der Waals surface area contributed by atoms with E-state index in [1.165, 1.54) is 54.5 Å². The summed E-state index contributed by atoms with van der Waals surface area (Å²) >= 11 is 6.07. The predicted octanol–water partition coefficient (Wildman–Crippen LogP) is 9.21. The highest BCUT2D eigenvalue weighted by Crippen LogP contribution is 2.33. The molecule has 1 atom stereocenters. The number of pyridine rings is 1.